The number of allylic oxidation sites excluding steroid dienone is 1. The first-order valence-electron chi connectivity index (χ1n) is 5.03. The molecule has 3 nitrogen and oxygen atoms in total. The van der Waals surface area contributed by atoms with Gasteiger partial charge >= 0.3 is 0 Å². The molecule has 0 spiro atoms. The third-order valence-corrected chi connectivity index (χ3v) is 2.24. The highest BCUT2D eigenvalue weighted by Crippen LogP contribution is 2.17. The Balaban J connectivity index is 2.14. The lowest BCUT2D eigenvalue weighted by Crippen LogP contribution is -1.78. The Morgan fingerprint density at radius 2 is 2.06 bits per heavy atom. The number of aromatic nitrogens is 2. The topological polar surface area (TPSA) is 52.5 Å². The molecule has 3 heteroatoms. The first-order valence-corrected chi connectivity index (χ1v) is 5.03. The number of hydrogen-bond acceptors (Lipinski definition) is 2. The van der Waals surface area contributed by atoms with E-state index >= 15 is 0 Å². The van der Waals surface area contributed by atoms with E-state index in [1.54, 1.807) is 6.20 Å². The quantitative estimate of drug-likeness (QED) is 0.844. The van der Waals surface area contributed by atoms with E-state index in [1.165, 1.54) is 0 Å². The van der Waals surface area contributed by atoms with Crippen LogP contribution in [0.4, 0.5) is 0 Å². The molecule has 0 aliphatic carbocycles. The van der Waals surface area contributed by atoms with Crippen LogP contribution in [0.3, 0.4) is 0 Å². The van der Waals surface area contributed by atoms with Crippen molar-refractivity contribution < 1.29 is 0 Å². The fourth-order valence-corrected chi connectivity index (χ4v) is 1.44. The number of nitrogens with zero attached hydrogens (tertiary/aromatic N) is 2. The van der Waals surface area contributed by atoms with Crippen molar-refractivity contribution in [2.45, 2.75) is 6.42 Å². The number of rotatable bonds is 3. The predicted molar refractivity (Wildman–Crippen MR) is 63.3 cm³/mol. The maximum absolute atomic E-state index is 8.40. The molecule has 0 radical (unpaired) electrons. The zero-order valence-corrected chi connectivity index (χ0v) is 8.72. The molecular formula is C13H11N3. The van der Waals surface area contributed by atoms with Crippen molar-refractivity contribution in [1.82, 2.24) is 10.2 Å². The van der Waals surface area contributed by atoms with Gasteiger partial charge in [0.25, 0.3) is 0 Å². The molecule has 0 saturated carbocycles. The molecule has 0 aliphatic heterocycles. The van der Waals surface area contributed by atoms with Gasteiger partial charge in [-0.2, -0.15) is 10.4 Å². The highest BCUT2D eigenvalue weighted by atomic mass is 15.1. The number of benzene rings is 1. The van der Waals surface area contributed by atoms with Crippen molar-refractivity contribution in [1.29, 1.82) is 5.26 Å². The minimum atomic E-state index is 0.447. The number of hydrogen-bond donors (Lipinski definition) is 1. The van der Waals surface area contributed by atoms with Crippen molar-refractivity contribution in [2.24, 2.45) is 0 Å². The van der Waals surface area contributed by atoms with Crippen LogP contribution in [0, 0.1) is 11.3 Å². The summed E-state index contributed by atoms with van der Waals surface area (Å²) in [4.78, 5) is 0. The van der Waals surface area contributed by atoms with E-state index in [2.05, 4.69) is 16.3 Å². The normalized spacial score (nSPS) is 10.4. The maximum atomic E-state index is 8.40. The maximum Gasteiger partial charge on any atom is 0.0663 e. The molecule has 0 unspecified atom stereocenters. The van der Waals surface area contributed by atoms with Gasteiger partial charge in [0.2, 0.25) is 0 Å². The number of aromatic amines is 1. The van der Waals surface area contributed by atoms with Gasteiger partial charge in [0.15, 0.2) is 0 Å². The lowest BCUT2D eigenvalue weighted by atomic mass is 10.1. The molecule has 1 aromatic carbocycles. The molecule has 78 valence electrons. The van der Waals surface area contributed by atoms with E-state index < -0.39 is 0 Å². The largest absolute Gasteiger partial charge is 0.278 e. The molecule has 2 rings (SSSR count). The number of nitriles is 1. The minimum Gasteiger partial charge on any atom is -0.278 e. The molecule has 16 heavy (non-hydrogen) atoms. The van der Waals surface area contributed by atoms with E-state index in [9.17, 15) is 0 Å². The van der Waals surface area contributed by atoms with Crippen LogP contribution in [0.1, 0.15) is 12.0 Å². The zero-order chi connectivity index (χ0) is 11.2. The van der Waals surface area contributed by atoms with E-state index in [0.29, 0.717) is 6.42 Å². The second-order valence-corrected chi connectivity index (χ2v) is 3.36. The molecule has 0 amide bonds. The molecule has 0 atom stereocenters. The number of nitrogens with one attached hydrogen (secondary N) is 1. The van der Waals surface area contributed by atoms with E-state index in [1.807, 2.05) is 42.5 Å². The van der Waals surface area contributed by atoms with Crippen molar-refractivity contribution in [3.63, 3.8) is 0 Å². The minimum absolute atomic E-state index is 0.447. The Bertz CT molecular complexity index is 501. The van der Waals surface area contributed by atoms with Gasteiger partial charge in [-0.25, -0.2) is 0 Å². The first-order chi connectivity index (χ1) is 7.90. The monoisotopic (exact) mass is 209 g/mol. The molecule has 1 aromatic heterocycles. The molecule has 0 aliphatic rings. The van der Waals surface area contributed by atoms with Crippen LogP contribution < -0.4 is 0 Å². The average molecular weight is 209 g/mol. The van der Waals surface area contributed by atoms with Gasteiger partial charge < -0.3 is 0 Å². The Morgan fingerprint density at radius 3 is 2.69 bits per heavy atom. The molecule has 2 aromatic rings. The summed E-state index contributed by atoms with van der Waals surface area (Å²) in [6, 6.07) is 12.1. The van der Waals surface area contributed by atoms with Crippen LogP contribution in [0.15, 0.2) is 42.6 Å². The third kappa shape index (κ3) is 2.37. The van der Waals surface area contributed by atoms with Crippen LogP contribution in [-0.4, -0.2) is 10.2 Å². The SMILES string of the molecule is N#CCC=Cc1ccc(-c2ccn[nH]2)cc1. The van der Waals surface area contributed by atoms with Crippen molar-refractivity contribution in [3.05, 3.63) is 48.2 Å². The Labute approximate surface area is 94.0 Å². The summed E-state index contributed by atoms with van der Waals surface area (Å²) in [6.45, 7) is 0. The lowest BCUT2D eigenvalue weighted by molar-refractivity contribution is 1.10. The molecule has 0 fully saturated rings. The average Bonchev–Trinajstić information content (AvgIpc) is 2.84. The molecule has 0 saturated heterocycles. The summed E-state index contributed by atoms with van der Waals surface area (Å²) < 4.78 is 0. The van der Waals surface area contributed by atoms with Crippen LogP contribution in [0.2, 0.25) is 0 Å². The molecule has 1 heterocycles. The van der Waals surface area contributed by atoms with Crippen LogP contribution in [0.25, 0.3) is 17.3 Å². The van der Waals surface area contributed by atoms with Crippen molar-refractivity contribution in [2.75, 3.05) is 0 Å². The summed E-state index contributed by atoms with van der Waals surface area (Å²) in [6.07, 6.45) is 5.98. The highest BCUT2D eigenvalue weighted by Gasteiger charge is 1.96. The number of H-pyrrole nitrogens is 1. The van der Waals surface area contributed by atoms with Gasteiger partial charge in [0.05, 0.1) is 18.2 Å². The van der Waals surface area contributed by atoms with Gasteiger partial charge in [-0.3, -0.25) is 5.10 Å². The van der Waals surface area contributed by atoms with E-state index in [-0.39, 0.29) is 0 Å². The van der Waals surface area contributed by atoms with Gasteiger partial charge in [0.1, 0.15) is 0 Å². The summed E-state index contributed by atoms with van der Waals surface area (Å²) in [5, 5.41) is 15.2. The molecular weight excluding hydrogens is 198 g/mol. The van der Waals surface area contributed by atoms with Crippen molar-refractivity contribution in [3.8, 4) is 17.3 Å². The molecule has 0 bridgehead atoms. The van der Waals surface area contributed by atoms with Crippen LogP contribution in [0.5, 0.6) is 0 Å². The first kappa shape index (κ1) is 10.2. The highest BCUT2D eigenvalue weighted by molar-refractivity contribution is 5.62. The summed E-state index contributed by atoms with van der Waals surface area (Å²) in [5.74, 6) is 0. The van der Waals surface area contributed by atoms with Gasteiger partial charge in [-0.15, -0.1) is 0 Å². The Kier molecular flexibility index (Phi) is 3.15. The third-order valence-electron chi connectivity index (χ3n) is 2.24. The zero-order valence-electron chi connectivity index (χ0n) is 8.72. The fourth-order valence-electron chi connectivity index (χ4n) is 1.44. The standard InChI is InChI=1S/C13H11N3/c14-9-2-1-3-11-4-6-12(7-5-11)13-8-10-15-16-13/h1,3-8,10H,2H2,(H,15,16). The smallest absolute Gasteiger partial charge is 0.0663 e. The summed E-state index contributed by atoms with van der Waals surface area (Å²) >= 11 is 0. The second kappa shape index (κ2) is 4.94. The second-order valence-electron chi connectivity index (χ2n) is 3.36. The van der Waals surface area contributed by atoms with E-state index in [4.69, 9.17) is 5.26 Å². The Morgan fingerprint density at radius 1 is 1.25 bits per heavy atom. The van der Waals surface area contributed by atoms with Crippen LogP contribution in [-0.2, 0) is 0 Å². The fraction of sp³-hybridized carbons (Fsp3) is 0.0769. The lowest BCUT2D eigenvalue weighted by Gasteiger charge is -1.98. The van der Waals surface area contributed by atoms with Gasteiger partial charge in [-0.1, -0.05) is 36.4 Å². The van der Waals surface area contributed by atoms with Crippen molar-refractivity contribution >= 4 is 6.08 Å². The predicted octanol–water partition coefficient (Wildman–Crippen LogP) is 3.00. The van der Waals surface area contributed by atoms with Crippen LogP contribution >= 0.6 is 0 Å². The van der Waals surface area contributed by atoms with E-state index in [0.717, 1.165) is 16.8 Å². The summed E-state index contributed by atoms with van der Waals surface area (Å²) in [7, 11) is 0. The van der Waals surface area contributed by atoms with Gasteiger partial charge in [0, 0.05) is 6.20 Å². The Hall–Kier alpha value is -2.34. The summed E-state index contributed by atoms with van der Waals surface area (Å²) in [5.41, 5.74) is 3.21. The molecule has 1 N–H and O–H groups in total. The van der Waals surface area contributed by atoms with Gasteiger partial charge in [-0.05, 0) is 17.2 Å².